The van der Waals surface area contributed by atoms with Gasteiger partial charge in [0.25, 0.3) is 0 Å². The monoisotopic (exact) mass is 628 g/mol. The Morgan fingerprint density at radius 2 is 1.28 bits per heavy atom. The molecule has 5 rings (SSSR count). The Hall–Kier alpha value is -4.95. The third kappa shape index (κ3) is 8.45. The van der Waals surface area contributed by atoms with Gasteiger partial charge in [0, 0.05) is 22.3 Å². The third-order valence-corrected chi connectivity index (χ3v) is 8.65. The second kappa shape index (κ2) is 16.6. The van der Waals surface area contributed by atoms with Crippen molar-refractivity contribution in [1.82, 2.24) is 0 Å². The molecule has 0 aliphatic heterocycles. The summed E-state index contributed by atoms with van der Waals surface area (Å²) in [6.07, 6.45) is 13.1. The summed E-state index contributed by atoms with van der Waals surface area (Å²) in [4.78, 5) is 12.5. The molecule has 5 heteroatoms. The summed E-state index contributed by atoms with van der Waals surface area (Å²) in [6, 6.07) is 26.1. The van der Waals surface area contributed by atoms with E-state index in [0.717, 1.165) is 46.1 Å². The van der Waals surface area contributed by atoms with Crippen LogP contribution in [-0.2, 0) is 4.74 Å². The van der Waals surface area contributed by atoms with Gasteiger partial charge in [-0.25, -0.2) is 4.79 Å². The van der Waals surface area contributed by atoms with Crippen LogP contribution < -0.4 is 4.74 Å². The van der Waals surface area contributed by atoms with Crippen LogP contribution in [0.3, 0.4) is 0 Å². The van der Waals surface area contributed by atoms with Crippen molar-refractivity contribution in [2.24, 2.45) is 0 Å². The van der Waals surface area contributed by atoms with E-state index in [9.17, 15) is 15.0 Å². The molecule has 5 aromatic carbocycles. The summed E-state index contributed by atoms with van der Waals surface area (Å²) in [5, 5.41) is 25.4. The highest BCUT2D eigenvalue weighted by molar-refractivity contribution is 6.13. The predicted molar refractivity (Wildman–Crippen MR) is 191 cm³/mol. The molecule has 2 N–H and O–H groups in total. The fourth-order valence-electron chi connectivity index (χ4n) is 6.07. The van der Waals surface area contributed by atoms with E-state index in [2.05, 4.69) is 18.8 Å². The molecule has 0 atom stereocenters. The van der Waals surface area contributed by atoms with E-state index in [1.54, 1.807) is 12.1 Å². The van der Waals surface area contributed by atoms with Gasteiger partial charge in [0.15, 0.2) is 0 Å². The second-order valence-corrected chi connectivity index (χ2v) is 12.1. The maximum atomic E-state index is 12.5. The van der Waals surface area contributed by atoms with Gasteiger partial charge in [-0.3, -0.25) is 0 Å². The van der Waals surface area contributed by atoms with Crippen LogP contribution in [0.1, 0.15) is 92.6 Å². The van der Waals surface area contributed by atoms with Crippen molar-refractivity contribution in [2.45, 2.75) is 71.1 Å². The molecule has 47 heavy (non-hydrogen) atoms. The van der Waals surface area contributed by atoms with Crippen molar-refractivity contribution < 1.29 is 24.5 Å². The third-order valence-electron chi connectivity index (χ3n) is 8.65. The van der Waals surface area contributed by atoms with Gasteiger partial charge < -0.3 is 19.7 Å². The van der Waals surface area contributed by atoms with E-state index in [-0.39, 0.29) is 17.1 Å². The molecule has 0 heterocycles. The molecule has 0 unspecified atom stereocenters. The molecule has 0 amide bonds. The van der Waals surface area contributed by atoms with Crippen LogP contribution in [0.15, 0.2) is 84.9 Å². The zero-order valence-corrected chi connectivity index (χ0v) is 27.5. The molecule has 242 valence electrons. The van der Waals surface area contributed by atoms with Gasteiger partial charge in [0.05, 0.1) is 13.7 Å². The molecular formula is C42H44O5. The number of phenols is 2. The number of unbranched alkanes of at least 4 members (excludes halogenated alkanes) is 9. The van der Waals surface area contributed by atoms with Crippen LogP contribution in [0.5, 0.6) is 17.2 Å². The van der Waals surface area contributed by atoms with Gasteiger partial charge in [-0.1, -0.05) is 113 Å². The van der Waals surface area contributed by atoms with E-state index in [1.165, 1.54) is 64.9 Å². The number of hydrogen-bond acceptors (Lipinski definition) is 5. The molecule has 0 bridgehead atoms. The molecule has 0 spiro atoms. The van der Waals surface area contributed by atoms with Crippen molar-refractivity contribution in [3.8, 4) is 40.2 Å². The van der Waals surface area contributed by atoms with Crippen molar-refractivity contribution in [3.05, 3.63) is 102 Å². The standard InChI is InChI=1S/C42H44O5/c1-3-4-5-6-7-8-9-10-11-14-27-47-34-23-19-30(20-24-34)17-18-31-21-25-36-33(28-31)22-26-38(43)39(36)40-35-16-13-12-15-32(35)29-37(41(40)44)42(45)46-2/h12-13,15-16,19-26,28-29,43-44H,3-11,14,27H2,1-2H3. The number of carbonyl (C=O) groups is 1. The Kier molecular flexibility index (Phi) is 11.8. The number of ether oxygens (including phenoxy) is 2. The lowest BCUT2D eigenvalue weighted by atomic mass is 9.90. The van der Waals surface area contributed by atoms with Crippen molar-refractivity contribution in [1.29, 1.82) is 0 Å². The smallest absolute Gasteiger partial charge is 0.341 e. The Bertz CT molecular complexity index is 1880. The van der Waals surface area contributed by atoms with Crippen molar-refractivity contribution >= 4 is 27.5 Å². The minimum absolute atomic E-state index is 0.00530. The van der Waals surface area contributed by atoms with E-state index in [4.69, 9.17) is 9.47 Å². The SMILES string of the molecule is CCCCCCCCCCCCOc1ccc(C#Cc2ccc3c(-c4c(O)c(C(=O)OC)cc5ccccc45)c(O)ccc3c2)cc1. The lowest BCUT2D eigenvalue weighted by Crippen LogP contribution is -2.03. The molecule has 0 radical (unpaired) electrons. The summed E-state index contributed by atoms with van der Waals surface area (Å²) in [5.41, 5.74) is 2.55. The number of rotatable bonds is 14. The average Bonchev–Trinajstić information content (AvgIpc) is 3.10. The molecule has 5 nitrogen and oxygen atoms in total. The lowest BCUT2D eigenvalue weighted by Gasteiger charge is -2.16. The largest absolute Gasteiger partial charge is 0.507 e. The lowest BCUT2D eigenvalue weighted by molar-refractivity contribution is 0.0597. The molecule has 0 aliphatic rings. The van der Waals surface area contributed by atoms with Gasteiger partial charge in [-0.15, -0.1) is 0 Å². The van der Waals surface area contributed by atoms with Crippen LogP contribution in [0.2, 0.25) is 0 Å². The van der Waals surface area contributed by atoms with Crippen LogP contribution >= 0.6 is 0 Å². The van der Waals surface area contributed by atoms with Gasteiger partial charge >= 0.3 is 5.97 Å². The minimum atomic E-state index is -0.652. The first-order valence-electron chi connectivity index (χ1n) is 16.8. The van der Waals surface area contributed by atoms with Gasteiger partial charge in [0.1, 0.15) is 22.8 Å². The number of benzene rings is 5. The highest BCUT2D eigenvalue weighted by atomic mass is 16.5. The summed E-state index contributed by atoms with van der Waals surface area (Å²) in [5.74, 6) is 6.44. The molecule has 0 saturated carbocycles. The zero-order chi connectivity index (χ0) is 33.0. The Labute approximate surface area is 278 Å². The summed E-state index contributed by atoms with van der Waals surface area (Å²) < 4.78 is 10.9. The summed E-state index contributed by atoms with van der Waals surface area (Å²) >= 11 is 0. The van der Waals surface area contributed by atoms with E-state index in [0.29, 0.717) is 16.5 Å². The highest BCUT2D eigenvalue weighted by Crippen LogP contribution is 2.46. The van der Waals surface area contributed by atoms with Crippen LogP contribution in [-0.4, -0.2) is 29.9 Å². The first-order chi connectivity index (χ1) is 23.0. The minimum Gasteiger partial charge on any atom is -0.507 e. The average molecular weight is 629 g/mol. The zero-order valence-electron chi connectivity index (χ0n) is 27.5. The first-order valence-corrected chi connectivity index (χ1v) is 16.8. The number of esters is 1. The number of carbonyl (C=O) groups excluding carboxylic acids is 1. The molecule has 0 saturated heterocycles. The molecule has 0 aromatic heterocycles. The fourth-order valence-corrected chi connectivity index (χ4v) is 6.07. The molecule has 0 fully saturated rings. The highest BCUT2D eigenvalue weighted by Gasteiger charge is 2.23. The Morgan fingerprint density at radius 3 is 2.00 bits per heavy atom. The topological polar surface area (TPSA) is 76.0 Å². The van der Waals surface area contributed by atoms with Crippen LogP contribution in [0.4, 0.5) is 0 Å². The van der Waals surface area contributed by atoms with Gasteiger partial charge in [0.2, 0.25) is 0 Å². The maximum Gasteiger partial charge on any atom is 0.341 e. The number of methoxy groups -OCH3 is 1. The maximum absolute atomic E-state index is 12.5. The number of phenolic OH excluding ortho intramolecular Hbond substituents is 2. The number of hydrogen-bond donors (Lipinski definition) is 2. The molecular weight excluding hydrogens is 584 g/mol. The normalized spacial score (nSPS) is 10.9. The van der Waals surface area contributed by atoms with Gasteiger partial charge in [-0.2, -0.15) is 0 Å². The molecule has 5 aromatic rings. The van der Waals surface area contributed by atoms with E-state index in [1.807, 2.05) is 72.8 Å². The fraction of sp³-hybridized carbons (Fsp3) is 0.310. The quantitative estimate of drug-likeness (QED) is 0.0727. The van der Waals surface area contributed by atoms with E-state index < -0.39 is 5.97 Å². The Morgan fingerprint density at radius 1 is 0.660 bits per heavy atom. The van der Waals surface area contributed by atoms with Crippen LogP contribution in [0, 0.1) is 11.8 Å². The number of fused-ring (bicyclic) bond motifs is 2. The predicted octanol–water partition coefficient (Wildman–Crippen LogP) is 10.6. The summed E-state index contributed by atoms with van der Waals surface area (Å²) in [6.45, 7) is 2.99. The second-order valence-electron chi connectivity index (χ2n) is 12.1. The number of aromatic hydroxyl groups is 2. The first kappa shape index (κ1) is 33.4. The van der Waals surface area contributed by atoms with E-state index >= 15 is 0 Å². The van der Waals surface area contributed by atoms with Gasteiger partial charge in [-0.05, 0) is 76.5 Å². The molecule has 0 aliphatic carbocycles. The van der Waals surface area contributed by atoms with Crippen LogP contribution in [0.25, 0.3) is 32.7 Å². The van der Waals surface area contributed by atoms with Crippen molar-refractivity contribution in [2.75, 3.05) is 13.7 Å². The van der Waals surface area contributed by atoms with Crippen molar-refractivity contribution in [3.63, 3.8) is 0 Å². The summed E-state index contributed by atoms with van der Waals surface area (Å²) in [7, 11) is 1.27. The Balaban J connectivity index is 1.25.